The van der Waals surface area contributed by atoms with Crippen molar-refractivity contribution >= 4 is 12.0 Å². The molecule has 1 aromatic heterocycles. The van der Waals surface area contributed by atoms with Crippen LogP contribution >= 0.6 is 0 Å². The van der Waals surface area contributed by atoms with Gasteiger partial charge in [-0.1, -0.05) is 0 Å². The van der Waals surface area contributed by atoms with E-state index in [4.69, 9.17) is 9.15 Å². The number of oxazole rings is 1. The number of rotatable bonds is 5. The van der Waals surface area contributed by atoms with Gasteiger partial charge in [0.1, 0.15) is 6.26 Å². The van der Waals surface area contributed by atoms with Crippen LogP contribution in [0.5, 0.6) is 0 Å². The van der Waals surface area contributed by atoms with E-state index in [2.05, 4.69) is 10.3 Å². The third kappa shape index (κ3) is 4.77. The molecule has 1 aromatic rings. The van der Waals surface area contributed by atoms with Crippen molar-refractivity contribution in [3.8, 4) is 0 Å². The van der Waals surface area contributed by atoms with Crippen LogP contribution < -0.4 is 5.32 Å². The van der Waals surface area contributed by atoms with Gasteiger partial charge in [-0.3, -0.25) is 4.79 Å². The van der Waals surface area contributed by atoms with Gasteiger partial charge in [0.2, 0.25) is 5.91 Å². The maximum absolute atomic E-state index is 11.8. The van der Waals surface area contributed by atoms with Gasteiger partial charge in [0.25, 0.3) is 0 Å². The number of amides is 2. The molecule has 7 heteroatoms. The average molecular weight is 295 g/mol. The Bertz CT molecular complexity index is 453. The molecule has 0 spiro atoms. The molecule has 1 aliphatic rings. The van der Waals surface area contributed by atoms with Gasteiger partial charge in [0, 0.05) is 32.0 Å². The molecule has 0 aromatic carbocycles. The summed E-state index contributed by atoms with van der Waals surface area (Å²) in [6.07, 6.45) is 5.12. The minimum Gasteiger partial charge on any atom is -0.451 e. The van der Waals surface area contributed by atoms with Crippen molar-refractivity contribution in [3.63, 3.8) is 0 Å². The minimum atomic E-state index is -0.270. The van der Waals surface area contributed by atoms with Crippen molar-refractivity contribution in [2.75, 3.05) is 19.7 Å². The number of nitrogens with zero attached hydrogens (tertiary/aromatic N) is 2. The molecule has 0 unspecified atom stereocenters. The van der Waals surface area contributed by atoms with Crippen LogP contribution in [0.2, 0.25) is 0 Å². The summed E-state index contributed by atoms with van der Waals surface area (Å²) < 4.78 is 9.82. The molecule has 2 rings (SSSR count). The first-order chi connectivity index (χ1) is 10.2. The predicted octanol–water partition coefficient (Wildman–Crippen LogP) is 1.34. The first kappa shape index (κ1) is 15.3. The fourth-order valence-corrected chi connectivity index (χ4v) is 2.32. The number of likely N-dealkylation sites (tertiary alicyclic amines) is 1. The summed E-state index contributed by atoms with van der Waals surface area (Å²) in [5.74, 6) is 0.00702. The highest BCUT2D eigenvalue weighted by molar-refractivity contribution is 5.76. The van der Waals surface area contributed by atoms with E-state index in [9.17, 15) is 9.59 Å². The van der Waals surface area contributed by atoms with Gasteiger partial charge < -0.3 is 19.4 Å². The van der Waals surface area contributed by atoms with Crippen molar-refractivity contribution in [1.29, 1.82) is 0 Å². The monoisotopic (exact) mass is 295 g/mol. The summed E-state index contributed by atoms with van der Waals surface area (Å²) in [6, 6.07) is 0.125. The highest BCUT2D eigenvalue weighted by Gasteiger charge is 2.24. The Morgan fingerprint density at radius 3 is 2.86 bits per heavy atom. The van der Waals surface area contributed by atoms with E-state index in [0.29, 0.717) is 32.5 Å². The number of hydrogen-bond donors (Lipinski definition) is 1. The molecule has 2 heterocycles. The Morgan fingerprint density at radius 2 is 2.24 bits per heavy atom. The molecule has 2 amide bonds. The van der Waals surface area contributed by atoms with E-state index in [1.807, 2.05) is 0 Å². The van der Waals surface area contributed by atoms with Crippen molar-refractivity contribution in [1.82, 2.24) is 15.2 Å². The van der Waals surface area contributed by atoms with Crippen LogP contribution in [0.15, 0.2) is 17.1 Å². The van der Waals surface area contributed by atoms with Crippen LogP contribution in [0.4, 0.5) is 4.79 Å². The van der Waals surface area contributed by atoms with Gasteiger partial charge >= 0.3 is 6.09 Å². The third-order valence-electron chi connectivity index (χ3n) is 3.48. The molecule has 116 valence electrons. The van der Waals surface area contributed by atoms with Gasteiger partial charge in [-0.25, -0.2) is 9.78 Å². The fraction of sp³-hybridized carbons (Fsp3) is 0.643. The van der Waals surface area contributed by atoms with Crippen molar-refractivity contribution < 1.29 is 18.7 Å². The molecule has 1 saturated heterocycles. The van der Waals surface area contributed by atoms with Gasteiger partial charge in [-0.15, -0.1) is 0 Å². The van der Waals surface area contributed by atoms with Crippen molar-refractivity contribution in [2.45, 2.75) is 38.6 Å². The van der Waals surface area contributed by atoms with Crippen LogP contribution in [0.1, 0.15) is 31.9 Å². The molecule has 0 aliphatic carbocycles. The number of carbonyl (C=O) groups is 2. The molecular weight excluding hydrogens is 274 g/mol. The van der Waals surface area contributed by atoms with E-state index in [-0.39, 0.29) is 18.0 Å². The van der Waals surface area contributed by atoms with Crippen LogP contribution in [0.25, 0.3) is 0 Å². The van der Waals surface area contributed by atoms with Gasteiger partial charge in [0.05, 0.1) is 12.3 Å². The molecule has 0 saturated carbocycles. The summed E-state index contributed by atoms with van der Waals surface area (Å²) in [5.41, 5.74) is 0.780. The van der Waals surface area contributed by atoms with Gasteiger partial charge in [0.15, 0.2) is 6.39 Å². The third-order valence-corrected chi connectivity index (χ3v) is 3.48. The maximum atomic E-state index is 11.8. The number of carbonyl (C=O) groups excluding carboxylic acids is 2. The first-order valence-electron chi connectivity index (χ1n) is 7.27. The molecule has 7 nitrogen and oxygen atoms in total. The Morgan fingerprint density at radius 1 is 1.48 bits per heavy atom. The molecule has 0 bridgehead atoms. The van der Waals surface area contributed by atoms with Gasteiger partial charge in [-0.05, 0) is 19.8 Å². The Balaban J connectivity index is 1.66. The second-order valence-electron chi connectivity index (χ2n) is 5.01. The second-order valence-corrected chi connectivity index (χ2v) is 5.01. The number of ether oxygens (including phenoxy) is 1. The molecule has 0 atom stereocenters. The highest BCUT2D eigenvalue weighted by atomic mass is 16.6. The van der Waals surface area contributed by atoms with Crippen LogP contribution in [-0.2, 0) is 16.0 Å². The minimum absolute atomic E-state index is 0.00702. The summed E-state index contributed by atoms with van der Waals surface area (Å²) in [4.78, 5) is 29.1. The SMILES string of the molecule is CCOC(=O)N1CCC(NC(=O)CCc2cocn2)CC1. The zero-order valence-electron chi connectivity index (χ0n) is 12.2. The summed E-state index contributed by atoms with van der Waals surface area (Å²) >= 11 is 0. The molecule has 1 N–H and O–H groups in total. The largest absolute Gasteiger partial charge is 0.451 e. The number of nitrogens with one attached hydrogen (secondary N) is 1. The smallest absolute Gasteiger partial charge is 0.409 e. The highest BCUT2D eigenvalue weighted by Crippen LogP contribution is 2.12. The Labute approximate surface area is 123 Å². The quantitative estimate of drug-likeness (QED) is 0.886. The lowest BCUT2D eigenvalue weighted by Gasteiger charge is -2.31. The Kier molecular flexibility index (Phi) is 5.59. The predicted molar refractivity (Wildman–Crippen MR) is 74.6 cm³/mol. The molecular formula is C14H21N3O4. The molecule has 21 heavy (non-hydrogen) atoms. The van der Waals surface area contributed by atoms with E-state index in [0.717, 1.165) is 18.5 Å². The van der Waals surface area contributed by atoms with E-state index >= 15 is 0 Å². The lowest BCUT2D eigenvalue weighted by molar-refractivity contribution is -0.122. The topological polar surface area (TPSA) is 84.7 Å². The summed E-state index contributed by atoms with van der Waals surface area (Å²) in [6.45, 7) is 3.41. The lowest BCUT2D eigenvalue weighted by Crippen LogP contribution is -2.46. The number of hydrogen-bond acceptors (Lipinski definition) is 5. The summed E-state index contributed by atoms with van der Waals surface area (Å²) in [7, 11) is 0. The first-order valence-corrected chi connectivity index (χ1v) is 7.27. The number of piperidine rings is 1. The molecule has 1 aliphatic heterocycles. The average Bonchev–Trinajstić information content (AvgIpc) is 2.99. The lowest BCUT2D eigenvalue weighted by atomic mass is 10.1. The normalized spacial score (nSPS) is 15.8. The fourth-order valence-electron chi connectivity index (χ4n) is 2.32. The van der Waals surface area contributed by atoms with E-state index in [1.54, 1.807) is 18.1 Å². The number of aromatic nitrogens is 1. The van der Waals surface area contributed by atoms with Gasteiger partial charge in [-0.2, -0.15) is 0 Å². The van der Waals surface area contributed by atoms with Crippen LogP contribution in [-0.4, -0.2) is 47.6 Å². The van der Waals surface area contributed by atoms with Crippen molar-refractivity contribution in [2.24, 2.45) is 0 Å². The Hall–Kier alpha value is -2.05. The molecule has 1 fully saturated rings. The van der Waals surface area contributed by atoms with E-state index < -0.39 is 0 Å². The molecule has 0 radical (unpaired) electrons. The van der Waals surface area contributed by atoms with Crippen LogP contribution in [0.3, 0.4) is 0 Å². The van der Waals surface area contributed by atoms with E-state index in [1.165, 1.54) is 6.39 Å². The van der Waals surface area contributed by atoms with Crippen LogP contribution in [0, 0.1) is 0 Å². The maximum Gasteiger partial charge on any atom is 0.409 e. The zero-order valence-corrected chi connectivity index (χ0v) is 12.2. The van der Waals surface area contributed by atoms with Crippen molar-refractivity contribution in [3.05, 3.63) is 18.4 Å². The zero-order chi connectivity index (χ0) is 15.1. The number of aryl methyl sites for hydroxylation is 1. The summed E-state index contributed by atoms with van der Waals surface area (Å²) in [5, 5.41) is 3.00. The second kappa shape index (κ2) is 7.66. The standard InChI is InChI=1S/C14H21N3O4/c1-2-21-14(19)17-7-5-11(6-8-17)16-13(18)4-3-12-9-20-10-15-12/h9-11H,2-8H2,1H3,(H,16,18).